The number of halogens is 1. The summed E-state index contributed by atoms with van der Waals surface area (Å²) in [5.41, 5.74) is 1.65. The van der Waals surface area contributed by atoms with Gasteiger partial charge < -0.3 is 10.2 Å². The van der Waals surface area contributed by atoms with Crippen LogP contribution in [-0.4, -0.2) is 30.3 Å². The lowest BCUT2D eigenvalue weighted by Crippen LogP contribution is -2.30. The van der Waals surface area contributed by atoms with E-state index in [-0.39, 0.29) is 23.7 Å². The van der Waals surface area contributed by atoms with Crippen LogP contribution >= 0.6 is 11.6 Å². The van der Waals surface area contributed by atoms with Crippen molar-refractivity contribution in [1.29, 1.82) is 0 Å². The lowest BCUT2D eigenvalue weighted by Gasteiger charge is -2.16. The second-order valence-corrected chi connectivity index (χ2v) is 6.42. The molecule has 4 nitrogen and oxygen atoms in total. The fourth-order valence-electron chi connectivity index (χ4n) is 2.45. The van der Waals surface area contributed by atoms with Crippen LogP contribution in [0, 0.1) is 18.8 Å². The van der Waals surface area contributed by atoms with Crippen molar-refractivity contribution >= 4 is 29.1 Å². The normalized spacial score (nSPS) is 19.6. The maximum absolute atomic E-state index is 12.2. The lowest BCUT2D eigenvalue weighted by atomic mass is 10.2. The van der Waals surface area contributed by atoms with Crippen molar-refractivity contribution in [3.63, 3.8) is 0 Å². The Morgan fingerprint density at radius 1 is 1.36 bits per heavy atom. The maximum atomic E-state index is 12.2. The van der Waals surface area contributed by atoms with Crippen LogP contribution in [0.2, 0.25) is 5.02 Å². The predicted molar refractivity (Wildman–Crippen MR) is 89.0 cm³/mol. The molecule has 1 aliphatic rings. The number of carbonyl (C=O) groups is 2. The van der Waals surface area contributed by atoms with E-state index in [1.165, 1.54) is 0 Å². The minimum absolute atomic E-state index is 0.0792. The zero-order valence-electron chi connectivity index (χ0n) is 13.4. The maximum Gasteiger partial charge on any atom is 0.228 e. The number of hydrogen-bond donors (Lipinski definition) is 1. The number of benzene rings is 1. The highest BCUT2D eigenvalue weighted by atomic mass is 35.5. The van der Waals surface area contributed by atoms with Crippen molar-refractivity contribution in [3.8, 4) is 0 Å². The molecular weight excluding hydrogens is 300 g/mol. The van der Waals surface area contributed by atoms with Crippen LogP contribution in [0.5, 0.6) is 0 Å². The molecule has 0 saturated heterocycles. The van der Waals surface area contributed by atoms with Crippen LogP contribution in [0.3, 0.4) is 0 Å². The minimum atomic E-state index is -0.211. The molecule has 1 aromatic carbocycles. The van der Waals surface area contributed by atoms with Crippen LogP contribution in [0.15, 0.2) is 18.2 Å². The lowest BCUT2D eigenvalue weighted by molar-refractivity contribution is -0.132. The monoisotopic (exact) mass is 322 g/mol. The van der Waals surface area contributed by atoms with E-state index in [0.29, 0.717) is 17.1 Å². The van der Waals surface area contributed by atoms with E-state index in [1.807, 2.05) is 26.1 Å². The molecule has 0 aromatic heterocycles. The largest absolute Gasteiger partial charge is 0.346 e. The molecule has 0 spiro atoms. The number of hydrogen-bond acceptors (Lipinski definition) is 2. The van der Waals surface area contributed by atoms with Crippen LogP contribution in [0.4, 0.5) is 5.69 Å². The summed E-state index contributed by atoms with van der Waals surface area (Å²) in [6.45, 7) is 4.77. The second-order valence-electron chi connectivity index (χ2n) is 6.02. The molecule has 2 unspecified atom stereocenters. The molecule has 1 aliphatic carbocycles. The number of anilines is 1. The van der Waals surface area contributed by atoms with Gasteiger partial charge in [0, 0.05) is 24.3 Å². The van der Waals surface area contributed by atoms with E-state index >= 15 is 0 Å². The molecular formula is C17H23ClN2O2. The van der Waals surface area contributed by atoms with E-state index < -0.39 is 0 Å². The molecule has 1 aromatic rings. The molecule has 2 amide bonds. The van der Waals surface area contributed by atoms with Gasteiger partial charge in [0.25, 0.3) is 0 Å². The Labute approximate surface area is 136 Å². The van der Waals surface area contributed by atoms with Crippen molar-refractivity contribution in [2.24, 2.45) is 11.8 Å². The molecule has 22 heavy (non-hydrogen) atoms. The second kappa shape index (κ2) is 7.14. The zero-order chi connectivity index (χ0) is 16.3. The smallest absolute Gasteiger partial charge is 0.228 e. The highest BCUT2D eigenvalue weighted by Crippen LogP contribution is 2.40. The number of nitrogens with zero attached hydrogens (tertiary/aromatic N) is 1. The van der Waals surface area contributed by atoms with Gasteiger partial charge in [-0.05, 0) is 37.5 Å². The Kier molecular flexibility index (Phi) is 5.46. The molecule has 0 bridgehead atoms. The molecule has 0 radical (unpaired) electrons. The first kappa shape index (κ1) is 16.8. The van der Waals surface area contributed by atoms with Crippen LogP contribution in [0.25, 0.3) is 0 Å². The first-order valence-corrected chi connectivity index (χ1v) is 8.13. The molecule has 2 atom stereocenters. The van der Waals surface area contributed by atoms with Gasteiger partial charge in [0.2, 0.25) is 11.8 Å². The van der Waals surface area contributed by atoms with Crippen molar-refractivity contribution in [2.75, 3.05) is 18.9 Å². The van der Waals surface area contributed by atoms with Gasteiger partial charge in [-0.15, -0.1) is 0 Å². The van der Waals surface area contributed by atoms with E-state index in [0.717, 1.165) is 24.9 Å². The highest BCUT2D eigenvalue weighted by molar-refractivity contribution is 6.31. The number of carbonyl (C=O) groups excluding carboxylic acids is 2. The molecule has 2 rings (SSSR count). The summed E-state index contributed by atoms with van der Waals surface area (Å²) in [5, 5.41) is 3.47. The highest BCUT2D eigenvalue weighted by Gasteiger charge is 2.48. The van der Waals surface area contributed by atoms with Crippen molar-refractivity contribution < 1.29 is 9.59 Å². The summed E-state index contributed by atoms with van der Waals surface area (Å²) < 4.78 is 0. The Hall–Kier alpha value is -1.55. The van der Waals surface area contributed by atoms with E-state index in [2.05, 4.69) is 12.2 Å². The number of amides is 2. The quantitative estimate of drug-likeness (QED) is 0.871. The number of rotatable bonds is 6. The van der Waals surface area contributed by atoms with Crippen molar-refractivity contribution in [1.82, 2.24) is 4.90 Å². The van der Waals surface area contributed by atoms with E-state index in [9.17, 15) is 9.59 Å². The molecule has 1 saturated carbocycles. The van der Waals surface area contributed by atoms with E-state index in [4.69, 9.17) is 11.6 Å². The summed E-state index contributed by atoms with van der Waals surface area (Å²) >= 11 is 6.05. The minimum Gasteiger partial charge on any atom is -0.346 e. The fraction of sp³-hybridized carbons (Fsp3) is 0.529. The average molecular weight is 323 g/mol. The Balaban J connectivity index is 1.87. The van der Waals surface area contributed by atoms with Gasteiger partial charge in [0.15, 0.2) is 0 Å². The summed E-state index contributed by atoms with van der Waals surface area (Å²) in [6.07, 6.45) is 2.69. The Morgan fingerprint density at radius 3 is 2.73 bits per heavy atom. The molecule has 1 N–H and O–H groups in total. The third-order valence-electron chi connectivity index (χ3n) is 4.11. The summed E-state index contributed by atoms with van der Waals surface area (Å²) in [4.78, 5) is 26.1. The topological polar surface area (TPSA) is 49.4 Å². The predicted octanol–water partition coefficient (Wildman–Crippen LogP) is 3.48. The molecule has 0 aliphatic heterocycles. The summed E-state index contributed by atoms with van der Waals surface area (Å²) in [5.74, 6) is -0.392. The summed E-state index contributed by atoms with van der Waals surface area (Å²) in [7, 11) is 1.81. The zero-order valence-corrected chi connectivity index (χ0v) is 14.1. The first-order chi connectivity index (χ1) is 10.4. The van der Waals surface area contributed by atoms with Gasteiger partial charge in [-0.2, -0.15) is 0 Å². The molecule has 0 heterocycles. The number of unbranched alkanes of at least 4 members (excludes halogenated alkanes) is 1. The van der Waals surface area contributed by atoms with Gasteiger partial charge in [0.05, 0.1) is 11.8 Å². The number of nitrogens with one attached hydrogen (secondary N) is 1. The Morgan fingerprint density at radius 2 is 2.09 bits per heavy atom. The van der Waals surface area contributed by atoms with Gasteiger partial charge in [-0.3, -0.25) is 9.59 Å². The molecule has 120 valence electrons. The van der Waals surface area contributed by atoms with Crippen LogP contribution < -0.4 is 5.32 Å². The van der Waals surface area contributed by atoms with Gasteiger partial charge in [0.1, 0.15) is 0 Å². The van der Waals surface area contributed by atoms with Crippen molar-refractivity contribution in [3.05, 3.63) is 28.8 Å². The van der Waals surface area contributed by atoms with Crippen LogP contribution in [0.1, 0.15) is 31.7 Å². The standard InChI is InChI=1S/C17H23ClN2O2/c1-4-5-8-20(3)17(22)14-10-13(14)16(21)19-12-7-6-11(2)15(18)9-12/h6-7,9,13-14H,4-5,8,10H2,1-3H3,(H,19,21). The van der Waals surface area contributed by atoms with Gasteiger partial charge in [-0.25, -0.2) is 0 Å². The van der Waals surface area contributed by atoms with Gasteiger partial charge >= 0.3 is 0 Å². The third kappa shape index (κ3) is 4.01. The third-order valence-corrected chi connectivity index (χ3v) is 4.51. The Bertz CT molecular complexity index is 574. The average Bonchev–Trinajstić information content (AvgIpc) is 3.28. The molecule has 5 heteroatoms. The van der Waals surface area contributed by atoms with E-state index in [1.54, 1.807) is 11.0 Å². The van der Waals surface area contributed by atoms with Gasteiger partial charge in [-0.1, -0.05) is 31.0 Å². The fourth-order valence-corrected chi connectivity index (χ4v) is 2.63. The SMILES string of the molecule is CCCCN(C)C(=O)C1CC1C(=O)Nc1ccc(C)c(Cl)c1. The first-order valence-electron chi connectivity index (χ1n) is 7.76. The molecule has 1 fully saturated rings. The van der Waals surface area contributed by atoms with Crippen molar-refractivity contribution in [2.45, 2.75) is 33.1 Å². The summed E-state index contributed by atoms with van der Waals surface area (Å²) in [6, 6.07) is 5.43. The number of aryl methyl sites for hydroxylation is 1. The van der Waals surface area contributed by atoms with Crippen LogP contribution in [-0.2, 0) is 9.59 Å².